The maximum absolute atomic E-state index is 12.9. The van der Waals surface area contributed by atoms with Crippen molar-refractivity contribution < 1.29 is 30.5 Å². The molecule has 0 aliphatic rings. The summed E-state index contributed by atoms with van der Waals surface area (Å²) in [6.45, 7) is 0. The zero-order valence-corrected chi connectivity index (χ0v) is 9.54. The van der Waals surface area contributed by atoms with Gasteiger partial charge in [0.05, 0.1) is 3.57 Å². The molecule has 84 valence electrons. The number of hydrogen-bond donors (Lipinski definition) is 1. The lowest BCUT2D eigenvalue weighted by Gasteiger charge is -2.05. The van der Waals surface area contributed by atoms with Crippen LogP contribution in [-0.2, 0) is 10.1 Å². The van der Waals surface area contributed by atoms with Gasteiger partial charge in [0.2, 0.25) is 0 Å². The maximum Gasteiger partial charge on any atom is 0.298 e. The molecule has 0 amide bonds. The monoisotopic (exact) mass is 356 g/mol. The van der Waals surface area contributed by atoms with Gasteiger partial charge in [-0.3, -0.25) is 4.55 Å². The van der Waals surface area contributed by atoms with Crippen molar-refractivity contribution in [2.75, 3.05) is 0 Å². The molecule has 1 rings (SSSR count). The highest BCUT2D eigenvalue weighted by Crippen LogP contribution is 2.28. The van der Waals surface area contributed by atoms with Gasteiger partial charge in [-0.15, -0.1) is 0 Å². The molecule has 0 aromatic heterocycles. The van der Waals surface area contributed by atoms with Crippen LogP contribution in [0.2, 0.25) is 0 Å². The molecule has 0 heterocycles. The fourth-order valence-corrected chi connectivity index (χ4v) is 2.75. The van der Waals surface area contributed by atoms with E-state index in [4.69, 9.17) is 4.55 Å². The molecule has 0 unspecified atom stereocenters. The summed E-state index contributed by atoms with van der Waals surface area (Å²) in [6.07, 6.45) is 0. The van der Waals surface area contributed by atoms with Crippen LogP contribution in [0.3, 0.4) is 0 Å². The zero-order chi connectivity index (χ0) is 12.0. The highest BCUT2D eigenvalue weighted by Gasteiger charge is 2.30. The first-order valence-electron chi connectivity index (χ1n) is 3.16. The van der Waals surface area contributed by atoms with E-state index in [0.717, 1.165) is 22.6 Å². The fraction of sp³-hybridized carbons (Fsp3) is 0. The smallest absolute Gasteiger partial charge is 0.282 e. The average Bonchev–Trinajstić information content (AvgIpc) is 2.09. The van der Waals surface area contributed by atoms with Gasteiger partial charge < -0.3 is 0 Å². The Morgan fingerprint density at radius 2 is 1.33 bits per heavy atom. The number of hydrogen-bond acceptors (Lipinski definition) is 2. The van der Waals surface area contributed by atoms with Crippen LogP contribution in [0.1, 0.15) is 0 Å². The first-order valence-corrected chi connectivity index (χ1v) is 5.68. The molecule has 0 saturated heterocycles. The Bertz CT molecular complexity index is 499. The van der Waals surface area contributed by atoms with Gasteiger partial charge in [0.25, 0.3) is 10.1 Å². The quantitative estimate of drug-likeness (QED) is 0.276. The van der Waals surface area contributed by atoms with Crippen LogP contribution >= 0.6 is 22.6 Å². The third-order valence-corrected chi connectivity index (χ3v) is 3.71. The third-order valence-electron chi connectivity index (χ3n) is 1.43. The normalized spacial score (nSPS) is 11.9. The van der Waals surface area contributed by atoms with Crippen molar-refractivity contribution in [2.45, 2.75) is 4.90 Å². The molecule has 0 atom stereocenters. The largest absolute Gasteiger partial charge is 0.298 e. The van der Waals surface area contributed by atoms with E-state index in [1.807, 2.05) is 0 Å². The summed E-state index contributed by atoms with van der Waals surface area (Å²) in [5.74, 6) is -8.45. The molecular weight excluding hydrogens is 355 g/mol. The minimum absolute atomic E-state index is 0.937. The summed E-state index contributed by atoms with van der Waals surface area (Å²) in [4.78, 5) is -1.61. The first-order chi connectivity index (χ1) is 6.68. The molecule has 0 aliphatic carbocycles. The highest BCUT2D eigenvalue weighted by atomic mass is 127. The molecule has 0 bridgehead atoms. The Morgan fingerprint density at radius 3 is 1.73 bits per heavy atom. The van der Waals surface area contributed by atoms with Gasteiger partial charge in [-0.2, -0.15) is 8.42 Å². The van der Waals surface area contributed by atoms with E-state index < -0.39 is 41.9 Å². The molecule has 0 fully saturated rings. The second kappa shape index (κ2) is 3.87. The molecule has 1 N–H and O–H groups in total. The van der Waals surface area contributed by atoms with Gasteiger partial charge in [0.1, 0.15) is 4.90 Å². The molecule has 9 heteroatoms. The van der Waals surface area contributed by atoms with Crippen LogP contribution < -0.4 is 0 Å². The van der Waals surface area contributed by atoms with Gasteiger partial charge in [-0.05, 0) is 22.6 Å². The third kappa shape index (κ3) is 2.08. The van der Waals surface area contributed by atoms with E-state index in [2.05, 4.69) is 0 Å². The predicted molar refractivity (Wildman–Crippen MR) is 48.8 cm³/mol. The van der Waals surface area contributed by atoms with Crippen molar-refractivity contribution >= 4 is 32.7 Å². The molecule has 0 spiro atoms. The Labute approximate surface area is 95.0 Å². The summed E-state index contributed by atoms with van der Waals surface area (Å²) in [6, 6.07) is 0. The minimum atomic E-state index is -5.16. The lowest BCUT2D eigenvalue weighted by atomic mass is 10.3. The molecule has 0 aliphatic heterocycles. The summed E-state index contributed by atoms with van der Waals surface area (Å²) in [7, 11) is -5.16. The van der Waals surface area contributed by atoms with E-state index in [9.17, 15) is 26.0 Å². The molecule has 15 heavy (non-hydrogen) atoms. The summed E-state index contributed by atoms with van der Waals surface area (Å²) >= 11 is 0.937. The van der Waals surface area contributed by atoms with Crippen LogP contribution in [0.5, 0.6) is 0 Å². The topological polar surface area (TPSA) is 54.4 Å². The van der Waals surface area contributed by atoms with Crippen molar-refractivity contribution in [2.24, 2.45) is 0 Å². The second-order valence-electron chi connectivity index (χ2n) is 2.37. The average molecular weight is 356 g/mol. The first kappa shape index (κ1) is 12.6. The van der Waals surface area contributed by atoms with E-state index in [0.29, 0.717) is 0 Å². The van der Waals surface area contributed by atoms with Crippen LogP contribution in [0, 0.1) is 26.8 Å². The fourth-order valence-electron chi connectivity index (χ4n) is 0.811. The summed E-state index contributed by atoms with van der Waals surface area (Å²) in [5.41, 5.74) is 0. The lowest BCUT2D eigenvalue weighted by Crippen LogP contribution is -2.11. The van der Waals surface area contributed by atoms with Gasteiger partial charge in [0.15, 0.2) is 23.3 Å². The maximum atomic E-state index is 12.9. The van der Waals surface area contributed by atoms with Gasteiger partial charge in [-0.25, -0.2) is 17.6 Å². The molecule has 1 aromatic carbocycles. The van der Waals surface area contributed by atoms with Crippen molar-refractivity contribution in [3.8, 4) is 0 Å². The number of benzene rings is 1. The summed E-state index contributed by atoms with van der Waals surface area (Å²) in [5, 5.41) is 0. The Kier molecular flexibility index (Phi) is 3.26. The van der Waals surface area contributed by atoms with Gasteiger partial charge in [-0.1, -0.05) is 0 Å². The molecule has 0 radical (unpaired) electrons. The Morgan fingerprint density at radius 1 is 0.933 bits per heavy atom. The molecule has 1 aromatic rings. The number of halogens is 5. The standard InChI is InChI=1S/C6HF4IO3S/c7-1-2(8)4(10)6(15(12,13)14)5(11)3(1)9/h(H,12,13,14). The van der Waals surface area contributed by atoms with Gasteiger partial charge >= 0.3 is 0 Å². The van der Waals surface area contributed by atoms with Crippen LogP contribution in [-0.4, -0.2) is 13.0 Å². The Balaban J connectivity index is 3.84. The van der Waals surface area contributed by atoms with Gasteiger partial charge in [0, 0.05) is 0 Å². The van der Waals surface area contributed by atoms with Crippen molar-refractivity contribution in [1.29, 1.82) is 0 Å². The minimum Gasteiger partial charge on any atom is -0.282 e. The number of rotatable bonds is 1. The SMILES string of the molecule is O=S(=O)(O)c1c(F)c(F)c(F)c(F)c1I. The molecular formula is C6HF4IO3S. The van der Waals surface area contributed by atoms with Crippen LogP contribution in [0.4, 0.5) is 17.6 Å². The highest BCUT2D eigenvalue weighted by molar-refractivity contribution is 14.1. The Hall–Kier alpha value is -0.420. The van der Waals surface area contributed by atoms with E-state index in [1.165, 1.54) is 0 Å². The second-order valence-corrected chi connectivity index (χ2v) is 4.81. The lowest BCUT2D eigenvalue weighted by molar-refractivity contribution is 0.386. The summed E-state index contributed by atoms with van der Waals surface area (Å²) < 4.78 is 79.3. The predicted octanol–water partition coefficient (Wildman–Crippen LogP) is 2.09. The molecule has 0 saturated carbocycles. The van der Waals surface area contributed by atoms with E-state index in [-0.39, 0.29) is 0 Å². The van der Waals surface area contributed by atoms with Crippen LogP contribution in [0.15, 0.2) is 4.90 Å². The van der Waals surface area contributed by atoms with Crippen molar-refractivity contribution in [3.63, 3.8) is 0 Å². The zero-order valence-electron chi connectivity index (χ0n) is 6.56. The molecule has 3 nitrogen and oxygen atoms in total. The van der Waals surface area contributed by atoms with E-state index in [1.54, 1.807) is 0 Å². The van der Waals surface area contributed by atoms with Crippen molar-refractivity contribution in [1.82, 2.24) is 0 Å². The van der Waals surface area contributed by atoms with Crippen LogP contribution in [0.25, 0.3) is 0 Å². The van der Waals surface area contributed by atoms with E-state index >= 15 is 0 Å². The van der Waals surface area contributed by atoms with Crippen molar-refractivity contribution in [3.05, 3.63) is 26.8 Å².